The molecule has 3 amide bonds. The summed E-state index contributed by atoms with van der Waals surface area (Å²) in [5.41, 5.74) is 4.12. The van der Waals surface area contributed by atoms with Gasteiger partial charge in [-0.15, -0.1) is 0 Å². The highest BCUT2D eigenvalue weighted by Gasteiger charge is 2.12. The standard InChI is InChI=1S/C23H27ClN4O5/c1-4-5-11-25-22(30)23(31)28-26-13-16-9-10-19(20(12-16)32-3)33-14-21(29)27-18-8-6-7-17(24)15(18)2/h6-10,12-13H,4-5,11,14H2,1-3H3,(H,25,30)(H,27,29)(H,28,31)/b26-13-. The van der Waals surface area contributed by atoms with Crippen LogP contribution in [0.4, 0.5) is 5.69 Å². The highest BCUT2D eigenvalue weighted by molar-refractivity contribution is 6.35. The number of halogens is 1. The number of carbonyl (C=O) groups excluding carboxylic acids is 3. The minimum Gasteiger partial charge on any atom is -0.493 e. The van der Waals surface area contributed by atoms with E-state index in [1.54, 1.807) is 36.4 Å². The molecule has 0 atom stereocenters. The minimum absolute atomic E-state index is 0.237. The molecule has 2 aromatic rings. The first-order chi connectivity index (χ1) is 15.8. The maximum atomic E-state index is 12.2. The van der Waals surface area contributed by atoms with Crippen molar-refractivity contribution in [2.75, 3.05) is 25.6 Å². The van der Waals surface area contributed by atoms with Crippen molar-refractivity contribution >= 4 is 41.2 Å². The minimum atomic E-state index is -0.852. The molecule has 0 unspecified atom stereocenters. The molecule has 3 N–H and O–H groups in total. The van der Waals surface area contributed by atoms with Gasteiger partial charge in [-0.05, 0) is 54.8 Å². The van der Waals surface area contributed by atoms with E-state index in [9.17, 15) is 14.4 Å². The fraction of sp³-hybridized carbons (Fsp3) is 0.304. The normalized spacial score (nSPS) is 10.5. The number of rotatable bonds is 10. The van der Waals surface area contributed by atoms with Crippen LogP contribution in [-0.4, -0.2) is 44.2 Å². The average molecular weight is 475 g/mol. The van der Waals surface area contributed by atoms with Gasteiger partial charge in [-0.3, -0.25) is 14.4 Å². The third kappa shape index (κ3) is 8.12. The number of hydrogen-bond donors (Lipinski definition) is 3. The summed E-state index contributed by atoms with van der Waals surface area (Å²) in [7, 11) is 1.46. The number of carbonyl (C=O) groups is 3. The highest BCUT2D eigenvalue weighted by Crippen LogP contribution is 2.28. The molecule has 176 valence electrons. The molecular weight excluding hydrogens is 448 g/mol. The van der Waals surface area contributed by atoms with Gasteiger partial charge < -0.3 is 20.1 Å². The fourth-order valence-corrected chi connectivity index (χ4v) is 2.81. The molecule has 0 fully saturated rings. The van der Waals surface area contributed by atoms with Crippen LogP contribution in [-0.2, 0) is 14.4 Å². The van der Waals surface area contributed by atoms with Crippen molar-refractivity contribution in [1.29, 1.82) is 0 Å². The maximum absolute atomic E-state index is 12.2. The SMILES string of the molecule is CCCCNC(=O)C(=O)N/N=C\c1ccc(OCC(=O)Nc2cccc(Cl)c2C)c(OC)c1. The molecule has 0 saturated carbocycles. The smallest absolute Gasteiger partial charge is 0.329 e. The Balaban J connectivity index is 1.91. The molecule has 10 heteroatoms. The first kappa shape index (κ1) is 25.7. The third-order valence-electron chi connectivity index (χ3n) is 4.49. The van der Waals surface area contributed by atoms with Gasteiger partial charge in [0.15, 0.2) is 18.1 Å². The van der Waals surface area contributed by atoms with Crippen LogP contribution in [0.15, 0.2) is 41.5 Å². The molecule has 0 aliphatic rings. The molecule has 0 radical (unpaired) electrons. The van der Waals surface area contributed by atoms with Crippen molar-refractivity contribution in [3.8, 4) is 11.5 Å². The number of unbranched alkanes of at least 4 members (excludes halogenated alkanes) is 1. The predicted octanol–water partition coefficient (Wildman–Crippen LogP) is 3.04. The maximum Gasteiger partial charge on any atom is 0.329 e. The molecule has 0 spiro atoms. The number of nitrogens with one attached hydrogen (secondary N) is 3. The van der Waals surface area contributed by atoms with Crippen LogP contribution in [0.25, 0.3) is 0 Å². The van der Waals surface area contributed by atoms with Crippen LogP contribution >= 0.6 is 11.6 Å². The van der Waals surface area contributed by atoms with Gasteiger partial charge in [0.05, 0.1) is 13.3 Å². The van der Waals surface area contributed by atoms with E-state index in [1.165, 1.54) is 13.3 Å². The predicted molar refractivity (Wildman–Crippen MR) is 127 cm³/mol. The Morgan fingerprint density at radius 1 is 1.12 bits per heavy atom. The van der Waals surface area contributed by atoms with Gasteiger partial charge in [0.1, 0.15) is 0 Å². The van der Waals surface area contributed by atoms with E-state index in [-0.39, 0.29) is 12.5 Å². The number of hydrazone groups is 1. The summed E-state index contributed by atoms with van der Waals surface area (Å²) in [5.74, 6) is -1.22. The molecule has 0 aliphatic carbocycles. The first-order valence-electron chi connectivity index (χ1n) is 10.3. The monoisotopic (exact) mass is 474 g/mol. The largest absolute Gasteiger partial charge is 0.493 e. The Morgan fingerprint density at radius 2 is 1.91 bits per heavy atom. The average Bonchev–Trinajstić information content (AvgIpc) is 2.81. The number of anilines is 1. The van der Waals surface area contributed by atoms with Gasteiger partial charge in [-0.1, -0.05) is 31.0 Å². The quantitative estimate of drug-likeness (QED) is 0.212. The molecule has 2 aromatic carbocycles. The molecule has 0 saturated heterocycles. The van der Waals surface area contributed by atoms with Gasteiger partial charge in [0.2, 0.25) is 0 Å². The van der Waals surface area contributed by atoms with Gasteiger partial charge in [0.25, 0.3) is 5.91 Å². The van der Waals surface area contributed by atoms with Crippen LogP contribution in [0.1, 0.15) is 30.9 Å². The Hall–Kier alpha value is -3.59. The number of methoxy groups -OCH3 is 1. The van der Waals surface area contributed by atoms with Crippen molar-refractivity contribution in [3.05, 3.63) is 52.5 Å². The Morgan fingerprint density at radius 3 is 2.64 bits per heavy atom. The van der Waals surface area contributed by atoms with Crippen molar-refractivity contribution in [1.82, 2.24) is 10.7 Å². The molecular formula is C23H27ClN4O5. The van der Waals surface area contributed by atoms with Crippen molar-refractivity contribution < 1.29 is 23.9 Å². The highest BCUT2D eigenvalue weighted by atomic mass is 35.5. The first-order valence-corrected chi connectivity index (χ1v) is 10.7. The van der Waals surface area contributed by atoms with E-state index >= 15 is 0 Å². The number of hydrogen-bond acceptors (Lipinski definition) is 6. The van der Waals surface area contributed by atoms with Crippen LogP contribution in [0.3, 0.4) is 0 Å². The van der Waals surface area contributed by atoms with E-state index in [4.69, 9.17) is 21.1 Å². The zero-order valence-electron chi connectivity index (χ0n) is 18.7. The lowest BCUT2D eigenvalue weighted by Crippen LogP contribution is -2.38. The zero-order valence-corrected chi connectivity index (χ0v) is 19.5. The molecule has 2 rings (SSSR count). The van der Waals surface area contributed by atoms with Crippen LogP contribution < -0.4 is 25.5 Å². The summed E-state index contributed by atoms with van der Waals surface area (Å²) in [5, 5.41) is 9.58. The van der Waals surface area contributed by atoms with Crippen LogP contribution in [0, 0.1) is 6.92 Å². The topological polar surface area (TPSA) is 118 Å². The second-order valence-corrected chi connectivity index (χ2v) is 7.38. The zero-order chi connectivity index (χ0) is 24.2. The third-order valence-corrected chi connectivity index (χ3v) is 4.90. The van der Waals surface area contributed by atoms with Gasteiger partial charge in [-0.25, -0.2) is 5.43 Å². The van der Waals surface area contributed by atoms with Crippen molar-refractivity contribution in [2.24, 2.45) is 5.10 Å². The lowest BCUT2D eigenvalue weighted by molar-refractivity contribution is -0.139. The lowest BCUT2D eigenvalue weighted by Gasteiger charge is -2.12. The lowest BCUT2D eigenvalue weighted by atomic mass is 10.2. The van der Waals surface area contributed by atoms with Gasteiger partial charge in [-0.2, -0.15) is 5.10 Å². The fourth-order valence-electron chi connectivity index (χ4n) is 2.63. The van der Waals surface area contributed by atoms with Gasteiger partial charge >= 0.3 is 11.8 Å². The van der Waals surface area contributed by atoms with Crippen LogP contribution in [0.2, 0.25) is 5.02 Å². The molecule has 0 heterocycles. The Labute approximate surface area is 197 Å². The number of benzene rings is 2. The van der Waals surface area contributed by atoms with E-state index < -0.39 is 11.8 Å². The van der Waals surface area contributed by atoms with E-state index in [0.717, 1.165) is 18.4 Å². The van der Waals surface area contributed by atoms with E-state index in [0.29, 0.717) is 34.3 Å². The van der Waals surface area contributed by atoms with Gasteiger partial charge in [0, 0.05) is 17.3 Å². The second-order valence-electron chi connectivity index (χ2n) is 6.97. The van der Waals surface area contributed by atoms with Crippen LogP contribution in [0.5, 0.6) is 11.5 Å². The Bertz CT molecular complexity index is 1030. The summed E-state index contributed by atoms with van der Waals surface area (Å²) < 4.78 is 10.9. The second kappa shape index (κ2) is 13.1. The summed E-state index contributed by atoms with van der Waals surface area (Å²) in [6, 6.07) is 10.1. The molecule has 9 nitrogen and oxygen atoms in total. The van der Waals surface area contributed by atoms with E-state index in [1.807, 2.05) is 13.8 Å². The summed E-state index contributed by atoms with van der Waals surface area (Å²) in [4.78, 5) is 35.6. The van der Waals surface area contributed by atoms with Crippen molar-refractivity contribution in [3.63, 3.8) is 0 Å². The number of ether oxygens (including phenoxy) is 2. The summed E-state index contributed by atoms with van der Waals surface area (Å²) in [6.07, 6.45) is 3.06. The Kier molecular flexibility index (Phi) is 10.2. The molecule has 0 aliphatic heterocycles. The number of amides is 3. The summed E-state index contributed by atoms with van der Waals surface area (Å²) >= 11 is 6.07. The molecule has 33 heavy (non-hydrogen) atoms. The molecule has 0 aromatic heterocycles. The summed E-state index contributed by atoms with van der Waals surface area (Å²) in [6.45, 7) is 3.99. The van der Waals surface area contributed by atoms with E-state index in [2.05, 4.69) is 21.2 Å². The van der Waals surface area contributed by atoms with Crippen molar-refractivity contribution in [2.45, 2.75) is 26.7 Å². The molecule has 0 bridgehead atoms. The number of nitrogens with zero attached hydrogens (tertiary/aromatic N) is 1.